The van der Waals surface area contributed by atoms with E-state index in [2.05, 4.69) is 0 Å². The first-order valence-electron chi connectivity index (χ1n) is 7.57. The summed E-state index contributed by atoms with van der Waals surface area (Å²) in [5.41, 5.74) is 1.31. The molecule has 1 aliphatic rings. The lowest BCUT2D eigenvalue weighted by Gasteiger charge is -2.24. The highest BCUT2D eigenvalue weighted by molar-refractivity contribution is 7.98. The van der Waals surface area contributed by atoms with Crippen LogP contribution >= 0.6 is 11.8 Å². The van der Waals surface area contributed by atoms with E-state index in [1.165, 1.54) is 0 Å². The summed E-state index contributed by atoms with van der Waals surface area (Å²) in [5, 5.41) is 0.644. The Balaban J connectivity index is 1.94. The fraction of sp³-hybridized carbons (Fsp3) is 0.158. The lowest BCUT2D eigenvalue weighted by Crippen LogP contribution is -2.26. The summed E-state index contributed by atoms with van der Waals surface area (Å²) < 4.78 is 10.9. The molecule has 4 rings (SSSR count). The van der Waals surface area contributed by atoms with Crippen molar-refractivity contribution in [1.82, 2.24) is 0 Å². The van der Waals surface area contributed by atoms with E-state index in [9.17, 15) is 9.59 Å². The number of hydrogen-bond acceptors (Lipinski definition) is 5. The second-order valence-corrected chi connectivity index (χ2v) is 6.51. The predicted octanol–water partition coefficient (Wildman–Crippen LogP) is 3.96. The molecule has 1 aromatic heterocycles. The third kappa shape index (κ3) is 2.41. The lowest BCUT2D eigenvalue weighted by molar-refractivity contribution is -0.135. The van der Waals surface area contributed by atoms with Crippen LogP contribution in [0.1, 0.15) is 23.5 Å². The quantitative estimate of drug-likeness (QED) is 0.402. The molecule has 3 aromatic rings. The van der Waals surface area contributed by atoms with Crippen LogP contribution in [0.3, 0.4) is 0 Å². The van der Waals surface area contributed by atoms with Crippen molar-refractivity contribution >= 4 is 28.7 Å². The number of carbonyl (C=O) groups excluding carboxylic acids is 1. The molecule has 0 N–H and O–H groups in total. The topological polar surface area (TPSA) is 56.5 Å². The van der Waals surface area contributed by atoms with Crippen molar-refractivity contribution in [3.63, 3.8) is 0 Å². The monoisotopic (exact) mass is 338 g/mol. The first-order valence-corrected chi connectivity index (χ1v) is 8.80. The molecular weight excluding hydrogens is 324 g/mol. The molecule has 0 amide bonds. The molecule has 1 unspecified atom stereocenters. The molecule has 0 bridgehead atoms. The third-order valence-corrected chi connectivity index (χ3v) is 5.00. The van der Waals surface area contributed by atoms with Crippen LogP contribution in [-0.2, 0) is 4.79 Å². The fourth-order valence-corrected chi connectivity index (χ4v) is 3.50. The highest BCUT2D eigenvalue weighted by Crippen LogP contribution is 2.40. The molecule has 1 atom stereocenters. The minimum absolute atomic E-state index is 0.134. The lowest BCUT2D eigenvalue weighted by atomic mass is 9.87. The highest BCUT2D eigenvalue weighted by atomic mass is 32.2. The SMILES string of the molecule is CSc1ccc(C2CC(=O)Oc3c2c(=O)oc2ccccc32)cc1. The molecule has 0 fully saturated rings. The minimum Gasteiger partial charge on any atom is -0.425 e. The standard InChI is InChI=1S/C19H14O4S/c1-24-12-8-6-11(7-9-12)14-10-16(20)23-18-13-4-2-3-5-15(13)22-19(21)17(14)18/h2-9,14H,10H2,1H3. The predicted molar refractivity (Wildman–Crippen MR) is 92.8 cm³/mol. The molecule has 0 spiro atoms. The van der Waals surface area contributed by atoms with E-state index in [0.717, 1.165) is 10.5 Å². The molecule has 1 aliphatic heterocycles. The average Bonchev–Trinajstić information content (AvgIpc) is 2.61. The van der Waals surface area contributed by atoms with Crippen molar-refractivity contribution in [2.24, 2.45) is 0 Å². The Bertz CT molecular complexity index is 988. The van der Waals surface area contributed by atoms with E-state index in [1.54, 1.807) is 30.0 Å². The molecule has 0 saturated carbocycles. The van der Waals surface area contributed by atoms with Crippen molar-refractivity contribution < 1.29 is 13.9 Å². The summed E-state index contributed by atoms with van der Waals surface area (Å²) in [7, 11) is 0. The number of benzene rings is 2. The van der Waals surface area contributed by atoms with Gasteiger partial charge in [0.1, 0.15) is 5.58 Å². The van der Waals surface area contributed by atoms with Gasteiger partial charge in [0.2, 0.25) is 0 Å². The summed E-state index contributed by atoms with van der Waals surface area (Å²) in [6.07, 6.45) is 2.14. The first kappa shape index (κ1) is 15.0. The number of hydrogen-bond donors (Lipinski definition) is 0. The molecule has 0 radical (unpaired) electrons. The van der Waals surface area contributed by atoms with Gasteiger partial charge >= 0.3 is 11.6 Å². The molecule has 2 heterocycles. The smallest absolute Gasteiger partial charge is 0.343 e. The van der Waals surface area contributed by atoms with Gasteiger partial charge in [-0.2, -0.15) is 0 Å². The van der Waals surface area contributed by atoms with Gasteiger partial charge in [-0.1, -0.05) is 24.3 Å². The zero-order valence-corrected chi connectivity index (χ0v) is 13.8. The highest BCUT2D eigenvalue weighted by Gasteiger charge is 2.33. The Kier molecular flexibility index (Phi) is 3.65. The molecule has 0 aliphatic carbocycles. The zero-order valence-electron chi connectivity index (χ0n) is 12.9. The van der Waals surface area contributed by atoms with Gasteiger partial charge in [-0.3, -0.25) is 4.79 Å². The van der Waals surface area contributed by atoms with Crippen LogP contribution in [0.5, 0.6) is 5.75 Å². The van der Waals surface area contributed by atoms with E-state index in [-0.39, 0.29) is 18.3 Å². The van der Waals surface area contributed by atoms with Crippen LogP contribution < -0.4 is 10.4 Å². The minimum atomic E-state index is -0.449. The Hall–Kier alpha value is -2.53. The number of ether oxygens (including phenoxy) is 1. The molecule has 2 aromatic carbocycles. The maximum atomic E-state index is 12.5. The number of rotatable bonds is 2. The van der Waals surface area contributed by atoms with Crippen LogP contribution in [-0.4, -0.2) is 12.2 Å². The number of para-hydroxylation sites is 1. The Morgan fingerprint density at radius 3 is 2.54 bits per heavy atom. The summed E-state index contributed by atoms with van der Waals surface area (Å²) in [5.74, 6) is -0.354. The average molecular weight is 338 g/mol. The number of esters is 1. The number of fused-ring (bicyclic) bond motifs is 3. The summed E-state index contributed by atoms with van der Waals surface area (Å²) in [4.78, 5) is 25.8. The van der Waals surface area contributed by atoms with E-state index in [4.69, 9.17) is 9.15 Å². The van der Waals surface area contributed by atoms with Crippen molar-refractivity contribution in [2.75, 3.05) is 6.26 Å². The van der Waals surface area contributed by atoms with Crippen LogP contribution in [0.25, 0.3) is 11.0 Å². The van der Waals surface area contributed by atoms with Gasteiger partial charge in [0, 0.05) is 10.8 Å². The maximum absolute atomic E-state index is 12.5. The number of thioether (sulfide) groups is 1. The molecular formula is C19H14O4S. The van der Waals surface area contributed by atoms with Gasteiger partial charge in [0.25, 0.3) is 0 Å². The molecule has 4 nitrogen and oxygen atoms in total. The van der Waals surface area contributed by atoms with Crippen LogP contribution in [0.4, 0.5) is 0 Å². The normalized spacial score (nSPS) is 16.7. The van der Waals surface area contributed by atoms with Gasteiger partial charge in [0.15, 0.2) is 5.75 Å². The molecule has 5 heteroatoms. The summed E-state index contributed by atoms with van der Waals surface area (Å²) in [6, 6.07) is 15.0. The second kappa shape index (κ2) is 5.83. The van der Waals surface area contributed by atoms with Gasteiger partial charge in [-0.25, -0.2) is 4.79 Å². The van der Waals surface area contributed by atoms with Crippen LogP contribution in [0.15, 0.2) is 62.6 Å². The van der Waals surface area contributed by atoms with Crippen LogP contribution in [0, 0.1) is 0 Å². The van der Waals surface area contributed by atoms with Gasteiger partial charge in [0.05, 0.1) is 17.4 Å². The van der Waals surface area contributed by atoms with Crippen molar-refractivity contribution in [3.05, 3.63) is 70.1 Å². The Labute approximate surface area is 142 Å². The number of carbonyl (C=O) groups is 1. The summed E-state index contributed by atoms with van der Waals surface area (Å²) in [6.45, 7) is 0. The van der Waals surface area contributed by atoms with E-state index in [1.807, 2.05) is 36.6 Å². The van der Waals surface area contributed by atoms with E-state index in [0.29, 0.717) is 22.3 Å². The maximum Gasteiger partial charge on any atom is 0.343 e. The van der Waals surface area contributed by atoms with Crippen molar-refractivity contribution in [1.29, 1.82) is 0 Å². The van der Waals surface area contributed by atoms with Gasteiger partial charge < -0.3 is 9.15 Å². The Morgan fingerprint density at radius 1 is 1.04 bits per heavy atom. The zero-order chi connectivity index (χ0) is 16.7. The van der Waals surface area contributed by atoms with E-state index < -0.39 is 5.63 Å². The third-order valence-electron chi connectivity index (χ3n) is 4.25. The second-order valence-electron chi connectivity index (χ2n) is 5.63. The van der Waals surface area contributed by atoms with Gasteiger partial charge in [-0.15, -0.1) is 11.8 Å². The van der Waals surface area contributed by atoms with E-state index >= 15 is 0 Å². The Morgan fingerprint density at radius 2 is 1.79 bits per heavy atom. The van der Waals surface area contributed by atoms with Gasteiger partial charge in [-0.05, 0) is 36.1 Å². The van der Waals surface area contributed by atoms with Crippen LogP contribution in [0.2, 0.25) is 0 Å². The summed E-state index contributed by atoms with van der Waals surface area (Å²) >= 11 is 1.64. The molecule has 120 valence electrons. The largest absolute Gasteiger partial charge is 0.425 e. The molecule has 24 heavy (non-hydrogen) atoms. The van der Waals surface area contributed by atoms with Crippen molar-refractivity contribution in [3.8, 4) is 5.75 Å². The molecule has 0 saturated heterocycles. The van der Waals surface area contributed by atoms with Crippen molar-refractivity contribution in [2.45, 2.75) is 17.2 Å². The fourth-order valence-electron chi connectivity index (χ4n) is 3.09. The first-order chi connectivity index (χ1) is 11.7.